The van der Waals surface area contributed by atoms with Gasteiger partial charge in [-0.15, -0.1) is 23.2 Å². The third kappa shape index (κ3) is 3.60. The van der Waals surface area contributed by atoms with Gasteiger partial charge in [0.15, 0.2) is 0 Å². The first-order chi connectivity index (χ1) is 14.7. The molecule has 4 amide bonds. The topological polar surface area (TPSA) is 86.8 Å². The zero-order valence-electron chi connectivity index (χ0n) is 15.5. The number of rotatable bonds is 6. The third-order valence-corrected chi connectivity index (χ3v) is 6.83. The molecule has 4 unspecified atom stereocenters. The first-order valence-corrected chi connectivity index (χ1v) is 10.7. The Hall–Kier alpha value is -2.16. The molecule has 0 aliphatic carbocycles. The number of nitrogens with one attached hydrogen (secondary N) is 1. The summed E-state index contributed by atoms with van der Waals surface area (Å²) in [6.07, 6.45) is 0. The molecule has 4 atom stereocenters. The van der Waals surface area contributed by atoms with Gasteiger partial charge in [-0.05, 0) is 24.3 Å². The zero-order chi connectivity index (χ0) is 22.4. The maximum absolute atomic E-state index is 12.6. The van der Waals surface area contributed by atoms with E-state index in [4.69, 9.17) is 46.4 Å². The standard InChI is InChI=1S/C20H13Cl4N3O4/c21-13(15(23)26-17(28)9-5-1-2-6-10(9)18(26)29)25-14(22)16(24)27-19(30)11-7-3-4-8-12(11)20(27)31/h1-8,13-16,25H. The molecule has 0 saturated heterocycles. The number of benzene rings is 2. The van der Waals surface area contributed by atoms with Crippen molar-refractivity contribution in [3.8, 4) is 0 Å². The first-order valence-electron chi connectivity index (χ1n) is 9.00. The van der Waals surface area contributed by atoms with E-state index in [1.807, 2.05) is 0 Å². The van der Waals surface area contributed by atoms with Gasteiger partial charge in [-0.2, -0.15) is 0 Å². The predicted octanol–water partition coefficient (Wildman–Crippen LogP) is 3.43. The van der Waals surface area contributed by atoms with Gasteiger partial charge in [-0.1, -0.05) is 47.5 Å². The zero-order valence-corrected chi connectivity index (χ0v) is 18.5. The summed E-state index contributed by atoms with van der Waals surface area (Å²) < 4.78 is 0. The van der Waals surface area contributed by atoms with Crippen molar-refractivity contribution in [1.29, 1.82) is 0 Å². The van der Waals surface area contributed by atoms with Crippen LogP contribution >= 0.6 is 46.4 Å². The maximum atomic E-state index is 12.6. The summed E-state index contributed by atoms with van der Waals surface area (Å²) in [6, 6.07) is 12.6. The molecule has 160 valence electrons. The van der Waals surface area contributed by atoms with Crippen LogP contribution in [0.4, 0.5) is 0 Å². The molecule has 31 heavy (non-hydrogen) atoms. The molecule has 2 aromatic rings. The Morgan fingerprint density at radius 1 is 0.548 bits per heavy atom. The number of hydrogen-bond acceptors (Lipinski definition) is 5. The summed E-state index contributed by atoms with van der Waals surface area (Å²) in [4.78, 5) is 51.9. The molecule has 2 aromatic carbocycles. The molecule has 2 aliphatic rings. The van der Waals surface area contributed by atoms with Gasteiger partial charge in [0, 0.05) is 0 Å². The van der Waals surface area contributed by atoms with Gasteiger partial charge in [0.2, 0.25) is 0 Å². The van der Waals surface area contributed by atoms with E-state index < -0.39 is 45.6 Å². The second-order valence-electron chi connectivity index (χ2n) is 6.77. The van der Waals surface area contributed by atoms with Crippen LogP contribution in [0.5, 0.6) is 0 Å². The van der Waals surface area contributed by atoms with Gasteiger partial charge in [0.05, 0.1) is 22.3 Å². The fraction of sp³-hybridized carbons (Fsp3) is 0.200. The fourth-order valence-electron chi connectivity index (χ4n) is 3.44. The molecule has 2 heterocycles. The Labute approximate surface area is 196 Å². The minimum atomic E-state index is -1.32. The molecular formula is C20H13Cl4N3O4. The molecule has 4 rings (SSSR count). The summed E-state index contributed by atoms with van der Waals surface area (Å²) in [5.41, 5.74) is -4.25. The molecule has 11 heteroatoms. The molecule has 0 radical (unpaired) electrons. The monoisotopic (exact) mass is 499 g/mol. The minimum Gasteiger partial charge on any atom is -0.280 e. The lowest BCUT2D eigenvalue weighted by Gasteiger charge is -2.30. The smallest absolute Gasteiger partial charge is 0.262 e. The molecule has 2 aliphatic heterocycles. The highest BCUT2D eigenvalue weighted by molar-refractivity contribution is 6.36. The van der Waals surface area contributed by atoms with Gasteiger partial charge in [0.25, 0.3) is 23.6 Å². The van der Waals surface area contributed by atoms with Crippen molar-refractivity contribution in [2.75, 3.05) is 0 Å². The average molecular weight is 501 g/mol. The quantitative estimate of drug-likeness (QED) is 0.373. The number of hydrogen-bond donors (Lipinski definition) is 1. The summed E-state index contributed by atoms with van der Waals surface area (Å²) in [5, 5.41) is 2.64. The number of amides is 4. The normalized spacial score (nSPS) is 19.4. The second kappa shape index (κ2) is 8.41. The van der Waals surface area contributed by atoms with Crippen LogP contribution in [0.2, 0.25) is 0 Å². The molecule has 0 spiro atoms. The lowest BCUT2D eigenvalue weighted by molar-refractivity contribution is 0.0623. The Kier molecular flexibility index (Phi) is 5.98. The van der Waals surface area contributed by atoms with E-state index in [2.05, 4.69) is 5.32 Å². The number of alkyl halides is 4. The average Bonchev–Trinajstić information content (AvgIpc) is 3.17. The maximum Gasteiger partial charge on any atom is 0.262 e. The van der Waals surface area contributed by atoms with Crippen LogP contribution in [-0.4, -0.2) is 55.4 Å². The molecule has 0 aromatic heterocycles. The Morgan fingerprint density at radius 3 is 1.06 bits per heavy atom. The second-order valence-corrected chi connectivity index (χ2v) is 8.60. The van der Waals surface area contributed by atoms with Gasteiger partial charge in [0.1, 0.15) is 22.0 Å². The van der Waals surface area contributed by atoms with Crippen LogP contribution in [-0.2, 0) is 0 Å². The van der Waals surface area contributed by atoms with Crippen molar-refractivity contribution in [1.82, 2.24) is 15.1 Å². The molecule has 7 nitrogen and oxygen atoms in total. The molecule has 0 fully saturated rings. The predicted molar refractivity (Wildman–Crippen MR) is 116 cm³/mol. The Bertz CT molecular complexity index is 956. The van der Waals surface area contributed by atoms with Crippen molar-refractivity contribution in [2.45, 2.75) is 22.0 Å². The summed E-state index contributed by atoms with van der Waals surface area (Å²) >= 11 is 25.1. The van der Waals surface area contributed by atoms with Crippen LogP contribution in [0.3, 0.4) is 0 Å². The number of carbonyl (C=O) groups is 4. The van der Waals surface area contributed by atoms with Crippen LogP contribution in [0, 0.1) is 0 Å². The van der Waals surface area contributed by atoms with Crippen molar-refractivity contribution in [3.05, 3.63) is 70.8 Å². The van der Waals surface area contributed by atoms with E-state index in [1.165, 1.54) is 24.3 Å². The highest BCUT2D eigenvalue weighted by Crippen LogP contribution is 2.30. The number of nitrogens with zero attached hydrogens (tertiary/aromatic N) is 2. The van der Waals surface area contributed by atoms with Crippen molar-refractivity contribution >= 4 is 70.0 Å². The van der Waals surface area contributed by atoms with Crippen LogP contribution in [0.1, 0.15) is 41.4 Å². The summed E-state index contributed by atoms with van der Waals surface area (Å²) in [7, 11) is 0. The van der Waals surface area contributed by atoms with Crippen molar-refractivity contribution in [3.63, 3.8) is 0 Å². The van der Waals surface area contributed by atoms with Gasteiger partial charge in [-0.3, -0.25) is 34.3 Å². The van der Waals surface area contributed by atoms with Gasteiger partial charge in [-0.25, -0.2) is 0 Å². The number of fused-ring (bicyclic) bond motifs is 2. The van der Waals surface area contributed by atoms with Crippen LogP contribution in [0.25, 0.3) is 0 Å². The lowest BCUT2D eigenvalue weighted by atomic mass is 10.1. The van der Waals surface area contributed by atoms with E-state index in [0.717, 1.165) is 9.80 Å². The van der Waals surface area contributed by atoms with E-state index >= 15 is 0 Å². The van der Waals surface area contributed by atoms with Crippen LogP contribution < -0.4 is 5.32 Å². The number of imide groups is 2. The first kappa shape index (κ1) is 22.0. The third-order valence-electron chi connectivity index (χ3n) is 4.95. The molecule has 0 bridgehead atoms. The lowest BCUT2D eigenvalue weighted by Crippen LogP contribution is -2.53. The fourth-order valence-corrected chi connectivity index (χ4v) is 4.50. The Balaban J connectivity index is 1.46. The highest BCUT2D eigenvalue weighted by atomic mass is 35.5. The SMILES string of the molecule is O=C1c2ccccc2C(=O)N1C(Cl)C(Cl)NC(Cl)C(Cl)N1C(=O)c2ccccc2C1=O. The highest BCUT2D eigenvalue weighted by Gasteiger charge is 2.45. The van der Waals surface area contributed by atoms with E-state index in [1.54, 1.807) is 24.3 Å². The number of carbonyl (C=O) groups excluding carboxylic acids is 4. The summed E-state index contributed by atoms with van der Waals surface area (Å²) in [5.74, 6) is -2.38. The number of halogens is 4. The van der Waals surface area contributed by atoms with E-state index in [-0.39, 0.29) is 22.3 Å². The van der Waals surface area contributed by atoms with Gasteiger partial charge < -0.3 is 0 Å². The largest absolute Gasteiger partial charge is 0.280 e. The Morgan fingerprint density at radius 2 is 0.806 bits per heavy atom. The molecule has 1 N–H and O–H groups in total. The van der Waals surface area contributed by atoms with Crippen molar-refractivity contribution in [2.24, 2.45) is 0 Å². The summed E-state index contributed by atoms with van der Waals surface area (Å²) in [6.45, 7) is 0. The van der Waals surface area contributed by atoms with Gasteiger partial charge >= 0.3 is 0 Å². The van der Waals surface area contributed by atoms with E-state index in [0.29, 0.717) is 0 Å². The molecular weight excluding hydrogens is 488 g/mol. The van der Waals surface area contributed by atoms with E-state index in [9.17, 15) is 19.2 Å². The van der Waals surface area contributed by atoms with Crippen LogP contribution in [0.15, 0.2) is 48.5 Å². The minimum absolute atomic E-state index is 0.214. The van der Waals surface area contributed by atoms with Crippen molar-refractivity contribution < 1.29 is 19.2 Å². The molecule has 0 saturated carbocycles.